The average Bonchev–Trinajstić information content (AvgIpc) is 3.12. The fourth-order valence-corrected chi connectivity index (χ4v) is 5.05. The first-order valence-corrected chi connectivity index (χ1v) is 9.94. The first-order chi connectivity index (χ1) is 14.8. The van der Waals surface area contributed by atoms with E-state index in [9.17, 15) is 13.2 Å². The standard InChI is InChI=1S/C24H19F4N3/c25-21-15(6-3-7-18(21)24(26,27)28)22-17-10-12-4-1-2-5-14(12)20(17)16-11-13(23(29)30)8-9-19(16)31-22/h1-9,11,17,20,22,31H,10H2,(H3,29,30). The van der Waals surface area contributed by atoms with Crippen molar-refractivity contribution in [2.24, 2.45) is 11.7 Å². The number of benzene rings is 3. The van der Waals surface area contributed by atoms with Gasteiger partial charge in [-0.25, -0.2) is 4.39 Å². The number of nitrogens with one attached hydrogen (secondary N) is 2. The molecule has 0 spiro atoms. The Bertz CT molecular complexity index is 1200. The summed E-state index contributed by atoms with van der Waals surface area (Å²) in [5.74, 6) is -1.60. The number of rotatable bonds is 2. The van der Waals surface area contributed by atoms with Crippen molar-refractivity contribution in [2.45, 2.75) is 24.6 Å². The van der Waals surface area contributed by atoms with E-state index in [4.69, 9.17) is 11.1 Å². The molecular formula is C24H19F4N3. The molecule has 0 saturated heterocycles. The number of fused-ring (bicyclic) bond motifs is 5. The lowest BCUT2D eigenvalue weighted by Gasteiger charge is -2.38. The Morgan fingerprint density at radius 2 is 1.71 bits per heavy atom. The highest BCUT2D eigenvalue weighted by molar-refractivity contribution is 5.95. The van der Waals surface area contributed by atoms with Gasteiger partial charge >= 0.3 is 6.18 Å². The minimum Gasteiger partial charge on any atom is -0.384 e. The summed E-state index contributed by atoms with van der Waals surface area (Å²) in [4.78, 5) is 0. The summed E-state index contributed by atoms with van der Waals surface area (Å²) in [6.45, 7) is 0. The van der Waals surface area contributed by atoms with Gasteiger partial charge in [0, 0.05) is 22.7 Å². The van der Waals surface area contributed by atoms with Crippen molar-refractivity contribution < 1.29 is 17.6 Å². The van der Waals surface area contributed by atoms with Crippen LogP contribution in [0.15, 0.2) is 60.7 Å². The number of alkyl halides is 3. The summed E-state index contributed by atoms with van der Waals surface area (Å²) in [7, 11) is 0. The van der Waals surface area contributed by atoms with Gasteiger partial charge in [0.15, 0.2) is 0 Å². The number of hydrogen-bond acceptors (Lipinski definition) is 2. The van der Waals surface area contributed by atoms with Crippen LogP contribution in [0.1, 0.15) is 45.3 Å². The van der Waals surface area contributed by atoms with Crippen molar-refractivity contribution in [3.05, 3.63) is 99.9 Å². The van der Waals surface area contributed by atoms with Crippen molar-refractivity contribution >= 4 is 11.5 Å². The van der Waals surface area contributed by atoms with Crippen molar-refractivity contribution in [1.82, 2.24) is 0 Å². The van der Waals surface area contributed by atoms with E-state index in [-0.39, 0.29) is 23.2 Å². The molecule has 3 nitrogen and oxygen atoms in total. The molecule has 2 aliphatic rings. The lowest BCUT2D eigenvalue weighted by Crippen LogP contribution is -2.32. The van der Waals surface area contributed by atoms with E-state index in [1.807, 2.05) is 30.3 Å². The molecule has 3 aromatic rings. The van der Waals surface area contributed by atoms with Crippen LogP contribution < -0.4 is 11.1 Å². The highest BCUT2D eigenvalue weighted by Crippen LogP contribution is 2.54. The van der Waals surface area contributed by atoms with Crippen LogP contribution in [-0.2, 0) is 12.6 Å². The lowest BCUT2D eigenvalue weighted by molar-refractivity contribution is -0.140. The normalized spacial score (nSPS) is 21.6. The highest BCUT2D eigenvalue weighted by Gasteiger charge is 2.45. The van der Waals surface area contributed by atoms with Gasteiger partial charge in [-0.1, -0.05) is 36.4 Å². The number of nitrogens with two attached hydrogens (primary N) is 1. The van der Waals surface area contributed by atoms with E-state index >= 15 is 4.39 Å². The van der Waals surface area contributed by atoms with E-state index in [1.54, 1.807) is 12.1 Å². The summed E-state index contributed by atoms with van der Waals surface area (Å²) in [6.07, 6.45) is -4.15. The predicted octanol–water partition coefficient (Wildman–Crippen LogP) is 5.60. The summed E-state index contributed by atoms with van der Waals surface area (Å²) in [5, 5.41) is 11.1. The molecular weight excluding hydrogens is 406 g/mol. The van der Waals surface area contributed by atoms with Crippen molar-refractivity contribution in [2.75, 3.05) is 5.32 Å². The molecule has 3 aromatic carbocycles. The van der Waals surface area contributed by atoms with Gasteiger partial charge in [0.05, 0.1) is 11.6 Å². The third-order valence-electron chi connectivity index (χ3n) is 6.38. The van der Waals surface area contributed by atoms with Crippen LogP contribution in [0.2, 0.25) is 0 Å². The van der Waals surface area contributed by atoms with Crippen molar-refractivity contribution in [3.8, 4) is 0 Å². The first kappa shape index (κ1) is 19.6. The molecule has 3 atom stereocenters. The molecule has 0 amide bonds. The van der Waals surface area contributed by atoms with Gasteiger partial charge in [-0.05, 0) is 53.3 Å². The summed E-state index contributed by atoms with van der Waals surface area (Å²) < 4.78 is 55.1. The monoisotopic (exact) mass is 425 g/mol. The molecule has 0 fully saturated rings. The van der Waals surface area contributed by atoms with Crippen LogP contribution in [0.3, 0.4) is 0 Å². The van der Waals surface area contributed by atoms with E-state index < -0.39 is 23.6 Å². The average molecular weight is 425 g/mol. The van der Waals surface area contributed by atoms with E-state index in [1.165, 1.54) is 12.1 Å². The molecule has 1 aliphatic carbocycles. The third-order valence-corrected chi connectivity index (χ3v) is 6.38. The Morgan fingerprint density at radius 3 is 2.45 bits per heavy atom. The number of halogens is 4. The van der Waals surface area contributed by atoms with Gasteiger partial charge in [-0.15, -0.1) is 0 Å². The van der Waals surface area contributed by atoms with Crippen LogP contribution in [0.5, 0.6) is 0 Å². The second-order valence-electron chi connectivity index (χ2n) is 8.09. The zero-order chi connectivity index (χ0) is 21.9. The Morgan fingerprint density at radius 1 is 0.968 bits per heavy atom. The number of anilines is 1. The SMILES string of the molecule is N=C(N)c1ccc2c(c1)C1c3ccccc3CC1C(c1cccc(C(F)(F)F)c1F)N2. The summed E-state index contributed by atoms with van der Waals surface area (Å²) >= 11 is 0. The van der Waals surface area contributed by atoms with E-state index in [0.717, 1.165) is 22.8 Å². The largest absolute Gasteiger partial charge is 0.419 e. The Labute approximate surface area is 176 Å². The van der Waals surface area contributed by atoms with Crippen LogP contribution in [0.4, 0.5) is 23.2 Å². The van der Waals surface area contributed by atoms with Gasteiger partial charge in [0.1, 0.15) is 11.7 Å². The van der Waals surface area contributed by atoms with Gasteiger partial charge in [-0.2, -0.15) is 13.2 Å². The minimum absolute atomic E-state index is 0.0129. The van der Waals surface area contributed by atoms with Gasteiger partial charge in [0.25, 0.3) is 0 Å². The smallest absolute Gasteiger partial charge is 0.384 e. The van der Waals surface area contributed by atoms with Crippen LogP contribution in [-0.4, -0.2) is 5.84 Å². The molecule has 3 unspecified atom stereocenters. The zero-order valence-corrected chi connectivity index (χ0v) is 16.3. The maximum atomic E-state index is 15.1. The molecule has 7 heteroatoms. The highest BCUT2D eigenvalue weighted by atomic mass is 19.4. The van der Waals surface area contributed by atoms with Gasteiger partial charge < -0.3 is 11.1 Å². The number of hydrogen-bond donors (Lipinski definition) is 3. The molecule has 0 radical (unpaired) electrons. The molecule has 0 saturated carbocycles. The van der Waals surface area contributed by atoms with Gasteiger partial charge in [-0.3, -0.25) is 5.41 Å². The third kappa shape index (κ3) is 3.07. The second kappa shape index (κ2) is 6.83. The fourth-order valence-electron chi connectivity index (χ4n) is 5.05. The van der Waals surface area contributed by atoms with Crippen molar-refractivity contribution in [3.63, 3.8) is 0 Å². The second-order valence-corrected chi connectivity index (χ2v) is 8.09. The van der Waals surface area contributed by atoms with Crippen LogP contribution >= 0.6 is 0 Å². The Balaban J connectivity index is 1.69. The molecule has 0 bridgehead atoms. The van der Waals surface area contributed by atoms with E-state index in [0.29, 0.717) is 17.7 Å². The molecule has 0 aromatic heterocycles. The molecule has 4 N–H and O–H groups in total. The summed E-state index contributed by atoms with van der Waals surface area (Å²) in [5.41, 5.74) is 8.82. The van der Waals surface area contributed by atoms with Gasteiger partial charge in [0.2, 0.25) is 0 Å². The molecule has 31 heavy (non-hydrogen) atoms. The molecule has 1 aliphatic heterocycles. The number of amidine groups is 1. The van der Waals surface area contributed by atoms with E-state index in [2.05, 4.69) is 5.32 Å². The number of nitrogen functional groups attached to an aromatic ring is 1. The lowest BCUT2D eigenvalue weighted by atomic mass is 9.75. The quantitative estimate of drug-likeness (QED) is 0.284. The molecule has 5 rings (SSSR count). The topological polar surface area (TPSA) is 61.9 Å². The van der Waals surface area contributed by atoms with Crippen molar-refractivity contribution in [1.29, 1.82) is 5.41 Å². The molecule has 1 heterocycles. The fraction of sp³-hybridized carbons (Fsp3) is 0.208. The Kier molecular flexibility index (Phi) is 4.32. The predicted molar refractivity (Wildman–Crippen MR) is 111 cm³/mol. The molecule has 158 valence electrons. The summed E-state index contributed by atoms with van der Waals surface area (Å²) in [6, 6.07) is 16.0. The van der Waals surface area contributed by atoms with Crippen LogP contribution in [0, 0.1) is 17.1 Å². The minimum atomic E-state index is -4.76. The zero-order valence-electron chi connectivity index (χ0n) is 16.3. The first-order valence-electron chi connectivity index (χ1n) is 9.94. The maximum absolute atomic E-state index is 15.1. The van der Waals surface area contributed by atoms with Crippen LogP contribution in [0.25, 0.3) is 0 Å². The maximum Gasteiger partial charge on any atom is 0.419 e. The Hall–Kier alpha value is -3.35.